The van der Waals surface area contributed by atoms with Gasteiger partial charge in [-0.05, 0) is 30.6 Å². The SMILES string of the molecule is CC.CC.CCCN1CCN(Cc2ccc(CNCC)cc2)CC1.[HH]. The number of nitrogens with zero attached hydrogens (tertiary/aromatic N) is 2. The van der Waals surface area contributed by atoms with E-state index in [9.17, 15) is 0 Å². The van der Waals surface area contributed by atoms with Crippen molar-refractivity contribution in [3.05, 3.63) is 35.4 Å². The number of hydrogen-bond acceptors (Lipinski definition) is 3. The predicted octanol–water partition coefficient (Wildman–Crippen LogP) is 4.62. The molecule has 1 aliphatic rings. The second kappa shape index (κ2) is 15.6. The zero-order valence-corrected chi connectivity index (χ0v) is 17.1. The van der Waals surface area contributed by atoms with Crippen LogP contribution in [0.15, 0.2) is 24.3 Å². The molecular weight excluding hydrogens is 294 g/mol. The second-order valence-corrected chi connectivity index (χ2v) is 5.71. The molecule has 3 nitrogen and oxygen atoms in total. The van der Waals surface area contributed by atoms with Crippen molar-refractivity contribution < 1.29 is 1.43 Å². The van der Waals surface area contributed by atoms with Crippen LogP contribution in [0.25, 0.3) is 0 Å². The molecule has 3 heteroatoms. The van der Waals surface area contributed by atoms with Crippen LogP contribution in [0.4, 0.5) is 0 Å². The van der Waals surface area contributed by atoms with E-state index in [0.29, 0.717) is 0 Å². The summed E-state index contributed by atoms with van der Waals surface area (Å²) in [4.78, 5) is 5.15. The van der Waals surface area contributed by atoms with Crippen molar-refractivity contribution in [2.24, 2.45) is 0 Å². The van der Waals surface area contributed by atoms with Crippen LogP contribution in [0.2, 0.25) is 0 Å². The molecule has 0 spiro atoms. The molecule has 1 fully saturated rings. The van der Waals surface area contributed by atoms with Crippen LogP contribution < -0.4 is 5.32 Å². The summed E-state index contributed by atoms with van der Waals surface area (Å²) in [6.07, 6.45) is 1.27. The first-order chi connectivity index (χ1) is 11.8. The Hall–Kier alpha value is -0.900. The third-order valence-electron chi connectivity index (χ3n) is 4.01. The summed E-state index contributed by atoms with van der Waals surface area (Å²) in [5, 5.41) is 3.37. The van der Waals surface area contributed by atoms with Gasteiger partial charge in [0.2, 0.25) is 0 Å². The fourth-order valence-corrected chi connectivity index (χ4v) is 2.78. The Labute approximate surface area is 152 Å². The van der Waals surface area contributed by atoms with Crippen LogP contribution in [0, 0.1) is 0 Å². The van der Waals surface area contributed by atoms with Crippen molar-refractivity contribution >= 4 is 0 Å². The van der Waals surface area contributed by atoms with Gasteiger partial charge in [0.25, 0.3) is 0 Å². The Morgan fingerprint density at radius 3 is 1.83 bits per heavy atom. The van der Waals surface area contributed by atoms with E-state index in [-0.39, 0.29) is 1.43 Å². The molecule has 0 amide bonds. The molecule has 1 heterocycles. The van der Waals surface area contributed by atoms with Crippen molar-refractivity contribution in [1.82, 2.24) is 15.1 Å². The van der Waals surface area contributed by atoms with Crippen LogP contribution in [-0.4, -0.2) is 49.1 Å². The van der Waals surface area contributed by atoms with Crippen LogP contribution in [0.3, 0.4) is 0 Å². The normalized spacial score (nSPS) is 15.1. The molecule has 1 N–H and O–H groups in total. The van der Waals surface area contributed by atoms with Gasteiger partial charge in [-0.25, -0.2) is 0 Å². The molecule has 0 aliphatic carbocycles. The number of hydrogen-bond donors (Lipinski definition) is 1. The number of rotatable bonds is 7. The first-order valence-electron chi connectivity index (χ1n) is 10.0. The van der Waals surface area contributed by atoms with Crippen LogP contribution in [0.1, 0.15) is 60.5 Å². The van der Waals surface area contributed by atoms with Crippen molar-refractivity contribution in [2.75, 3.05) is 39.3 Å². The van der Waals surface area contributed by atoms with Crippen molar-refractivity contribution in [2.45, 2.75) is 61.1 Å². The van der Waals surface area contributed by atoms with Crippen LogP contribution in [-0.2, 0) is 13.1 Å². The lowest BCUT2D eigenvalue weighted by Gasteiger charge is -2.34. The minimum Gasteiger partial charge on any atom is -0.313 e. The van der Waals surface area contributed by atoms with Crippen molar-refractivity contribution in [3.8, 4) is 0 Å². The Balaban J connectivity index is 0. The molecule has 0 aromatic heterocycles. The van der Waals surface area contributed by atoms with Crippen molar-refractivity contribution in [1.29, 1.82) is 0 Å². The minimum atomic E-state index is 0. The Morgan fingerprint density at radius 2 is 1.33 bits per heavy atom. The first kappa shape index (κ1) is 23.1. The molecule has 1 aromatic rings. The highest BCUT2D eigenvalue weighted by Crippen LogP contribution is 2.10. The molecule has 0 bridgehead atoms. The lowest BCUT2D eigenvalue weighted by atomic mass is 10.1. The van der Waals surface area contributed by atoms with Gasteiger partial charge in [0.05, 0.1) is 0 Å². The maximum absolute atomic E-state index is 3.37. The zero-order valence-electron chi connectivity index (χ0n) is 17.1. The average Bonchev–Trinajstić information content (AvgIpc) is 2.66. The standard InChI is InChI=1S/C17H29N3.2C2H6.H2/c1-3-9-19-10-12-20(13-11-19)15-17-7-5-16(6-8-17)14-18-4-2;2*1-2;/h5-8,18H,3-4,9-15H2,1-2H3;2*1-2H3;1H. The van der Waals surface area contributed by atoms with Gasteiger partial charge in [-0.3, -0.25) is 4.90 Å². The first-order valence-corrected chi connectivity index (χ1v) is 10.0. The van der Waals surface area contributed by atoms with E-state index >= 15 is 0 Å². The number of nitrogens with one attached hydrogen (secondary N) is 1. The third kappa shape index (κ3) is 9.41. The maximum atomic E-state index is 3.37. The Morgan fingerprint density at radius 1 is 0.833 bits per heavy atom. The fourth-order valence-electron chi connectivity index (χ4n) is 2.78. The van der Waals surface area contributed by atoms with Gasteiger partial charge < -0.3 is 10.2 Å². The highest BCUT2D eigenvalue weighted by molar-refractivity contribution is 5.22. The van der Waals surface area contributed by atoms with Gasteiger partial charge in [-0.2, -0.15) is 0 Å². The molecular formula is C21H43N3. The summed E-state index contributed by atoms with van der Waals surface area (Å²) in [6.45, 7) is 21.6. The molecule has 24 heavy (non-hydrogen) atoms. The summed E-state index contributed by atoms with van der Waals surface area (Å²) in [7, 11) is 0. The van der Waals surface area contributed by atoms with Gasteiger partial charge in [0, 0.05) is 40.7 Å². The average molecular weight is 338 g/mol. The lowest BCUT2D eigenvalue weighted by Crippen LogP contribution is -2.45. The molecule has 142 valence electrons. The third-order valence-corrected chi connectivity index (χ3v) is 4.01. The Bertz CT molecular complexity index is 373. The monoisotopic (exact) mass is 337 g/mol. The quantitative estimate of drug-likeness (QED) is 0.783. The highest BCUT2D eigenvalue weighted by atomic mass is 15.3. The molecule has 0 unspecified atom stereocenters. The van der Waals surface area contributed by atoms with Gasteiger partial charge >= 0.3 is 0 Å². The molecule has 0 radical (unpaired) electrons. The fraction of sp³-hybridized carbons (Fsp3) is 0.714. The predicted molar refractivity (Wildman–Crippen MR) is 111 cm³/mol. The number of benzene rings is 1. The zero-order chi connectivity index (χ0) is 18.2. The topological polar surface area (TPSA) is 18.5 Å². The molecule has 1 aromatic carbocycles. The van der Waals surface area contributed by atoms with E-state index in [4.69, 9.17) is 0 Å². The maximum Gasteiger partial charge on any atom is 0.0234 e. The molecule has 2 rings (SSSR count). The van der Waals surface area contributed by atoms with Gasteiger partial charge in [0.1, 0.15) is 0 Å². The molecule has 1 saturated heterocycles. The summed E-state index contributed by atoms with van der Waals surface area (Å²) < 4.78 is 0. The van der Waals surface area contributed by atoms with Gasteiger partial charge in [-0.15, -0.1) is 0 Å². The van der Waals surface area contributed by atoms with E-state index in [0.717, 1.165) is 19.6 Å². The van der Waals surface area contributed by atoms with Crippen LogP contribution >= 0.6 is 0 Å². The van der Waals surface area contributed by atoms with E-state index in [1.54, 1.807) is 0 Å². The van der Waals surface area contributed by atoms with E-state index in [1.165, 1.54) is 50.3 Å². The molecule has 0 saturated carbocycles. The summed E-state index contributed by atoms with van der Waals surface area (Å²) >= 11 is 0. The lowest BCUT2D eigenvalue weighted by molar-refractivity contribution is 0.127. The van der Waals surface area contributed by atoms with E-state index in [2.05, 4.69) is 53.2 Å². The van der Waals surface area contributed by atoms with E-state index in [1.807, 2.05) is 27.7 Å². The van der Waals surface area contributed by atoms with E-state index < -0.39 is 0 Å². The summed E-state index contributed by atoms with van der Waals surface area (Å²) in [6, 6.07) is 9.08. The van der Waals surface area contributed by atoms with Crippen LogP contribution in [0.5, 0.6) is 0 Å². The summed E-state index contributed by atoms with van der Waals surface area (Å²) in [5.74, 6) is 0. The smallest absolute Gasteiger partial charge is 0.0234 e. The second-order valence-electron chi connectivity index (χ2n) is 5.71. The minimum absolute atomic E-state index is 0. The number of piperazine rings is 1. The molecule has 0 atom stereocenters. The van der Waals surface area contributed by atoms with Crippen molar-refractivity contribution in [3.63, 3.8) is 0 Å². The molecule has 1 aliphatic heterocycles. The summed E-state index contributed by atoms with van der Waals surface area (Å²) in [5.41, 5.74) is 2.82. The Kier molecular flexibility index (Phi) is 15.0. The highest BCUT2D eigenvalue weighted by Gasteiger charge is 2.15. The largest absolute Gasteiger partial charge is 0.313 e. The van der Waals surface area contributed by atoms with Gasteiger partial charge in [0.15, 0.2) is 0 Å². The van der Waals surface area contributed by atoms with Gasteiger partial charge in [-0.1, -0.05) is 65.8 Å².